The minimum absolute atomic E-state index is 0.175. The Morgan fingerprint density at radius 2 is 2.40 bits per heavy atom. The molecule has 0 atom stereocenters. The summed E-state index contributed by atoms with van der Waals surface area (Å²) in [7, 11) is 1.90. The van der Waals surface area contributed by atoms with Gasteiger partial charge in [-0.15, -0.1) is 0 Å². The van der Waals surface area contributed by atoms with Crippen molar-refractivity contribution in [1.29, 1.82) is 0 Å². The standard InChI is InChI=1S/C10H15BrFN3/c1-15-6-9(11)10(14-15)5-13-8-2-7(3-8)4-12/h6-8,13H,2-5H2,1H3. The molecule has 15 heavy (non-hydrogen) atoms. The number of aromatic nitrogens is 2. The Kier molecular flexibility index (Phi) is 3.41. The van der Waals surface area contributed by atoms with E-state index in [9.17, 15) is 4.39 Å². The van der Waals surface area contributed by atoms with Gasteiger partial charge in [-0.25, -0.2) is 0 Å². The van der Waals surface area contributed by atoms with Crippen LogP contribution in [0.3, 0.4) is 0 Å². The van der Waals surface area contributed by atoms with E-state index in [-0.39, 0.29) is 12.6 Å². The minimum Gasteiger partial charge on any atom is -0.308 e. The Morgan fingerprint density at radius 1 is 1.67 bits per heavy atom. The fourth-order valence-electron chi connectivity index (χ4n) is 1.89. The van der Waals surface area contributed by atoms with Crippen LogP contribution in [-0.2, 0) is 13.6 Å². The Labute approximate surface area is 97.2 Å². The van der Waals surface area contributed by atoms with E-state index >= 15 is 0 Å². The monoisotopic (exact) mass is 275 g/mol. The van der Waals surface area contributed by atoms with E-state index in [1.807, 2.05) is 13.2 Å². The molecule has 1 aliphatic carbocycles. The zero-order chi connectivity index (χ0) is 10.8. The van der Waals surface area contributed by atoms with Crippen molar-refractivity contribution >= 4 is 15.9 Å². The molecule has 0 bridgehead atoms. The predicted molar refractivity (Wildman–Crippen MR) is 60.2 cm³/mol. The average Bonchev–Trinajstić information content (AvgIpc) is 2.43. The van der Waals surface area contributed by atoms with Gasteiger partial charge < -0.3 is 5.32 Å². The fraction of sp³-hybridized carbons (Fsp3) is 0.700. The van der Waals surface area contributed by atoms with Crippen molar-refractivity contribution in [2.24, 2.45) is 13.0 Å². The third kappa shape index (κ3) is 2.58. The quantitative estimate of drug-likeness (QED) is 0.911. The summed E-state index contributed by atoms with van der Waals surface area (Å²) in [6.45, 7) is 0.580. The van der Waals surface area contributed by atoms with Crippen molar-refractivity contribution in [3.05, 3.63) is 16.4 Å². The largest absolute Gasteiger partial charge is 0.308 e. The molecule has 1 aliphatic rings. The van der Waals surface area contributed by atoms with Gasteiger partial charge in [0.05, 0.1) is 16.8 Å². The van der Waals surface area contributed by atoms with Gasteiger partial charge in [-0.2, -0.15) is 5.10 Å². The van der Waals surface area contributed by atoms with Crippen LogP contribution in [0.5, 0.6) is 0 Å². The number of hydrogen-bond acceptors (Lipinski definition) is 2. The molecule has 0 amide bonds. The van der Waals surface area contributed by atoms with Crippen LogP contribution in [0.2, 0.25) is 0 Å². The second kappa shape index (κ2) is 4.61. The van der Waals surface area contributed by atoms with E-state index in [0.717, 1.165) is 29.6 Å². The van der Waals surface area contributed by atoms with E-state index in [2.05, 4.69) is 26.3 Å². The zero-order valence-corrected chi connectivity index (χ0v) is 10.3. The smallest absolute Gasteiger partial charge is 0.0923 e. The molecule has 1 N–H and O–H groups in total. The lowest BCUT2D eigenvalue weighted by molar-refractivity contribution is 0.179. The Morgan fingerprint density at radius 3 is 2.93 bits per heavy atom. The first kappa shape index (κ1) is 11.1. The van der Waals surface area contributed by atoms with Crippen molar-refractivity contribution in [1.82, 2.24) is 15.1 Å². The van der Waals surface area contributed by atoms with Gasteiger partial charge in [0.15, 0.2) is 0 Å². The summed E-state index contributed by atoms with van der Waals surface area (Å²) in [5.41, 5.74) is 1.01. The molecule has 5 heteroatoms. The number of aryl methyl sites for hydroxylation is 1. The highest BCUT2D eigenvalue weighted by Gasteiger charge is 2.28. The Balaban J connectivity index is 1.77. The van der Waals surface area contributed by atoms with Gasteiger partial charge in [-0.05, 0) is 34.7 Å². The fourth-order valence-corrected chi connectivity index (χ4v) is 2.41. The molecule has 0 aromatic carbocycles. The molecule has 0 spiro atoms. The number of nitrogens with one attached hydrogen (secondary N) is 1. The van der Waals surface area contributed by atoms with Crippen molar-refractivity contribution < 1.29 is 4.39 Å². The van der Waals surface area contributed by atoms with E-state index in [4.69, 9.17) is 0 Å². The molecular formula is C10H15BrFN3. The van der Waals surface area contributed by atoms with Crippen molar-refractivity contribution in [2.75, 3.05) is 6.67 Å². The van der Waals surface area contributed by atoms with E-state index in [1.165, 1.54) is 0 Å². The number of hydrogen-bond donors (Lipinski definition) is 1. The first-order valence-electron chi connectivity index (χ1n) is 5.16. The van der Waals surface area contributed by atoms with E-state index < -0.39 is 0 Å². The van der Waals surface area contributed by atoms with Gasteiger partial charge in [-0.3, -0.25) is 9.07 Å². The minimum atomic E-state index is -0.175. The molecule has 0 saturated heterocycles. The number of alkyl halides is 1. The molecule has 1 saturated carbocycles. The summed E-state index contributed by atoms with van der Waals surface area (Å²) in [6, 6.07) is 0.472. The Bertz CT molecular complexity index is 333. The van der Waals surface area contributed by atoms with Gasteiger partial charge in [0.1, 0.15) is 0 Å². The zero-order valence-electron chi connectivity index (χ0n) is 8.71. The average molecular weight is 276 g/mol. The van der Waals surface area contributed by atoms with Gasteiger partial charge in [-0.1, -0.05) is 0 Å². The predicted octanol–water partition coefficient (Wildman–Crippen LogP) is 2.02. The molecule has 2 rings (SSSR count). The van der Waals surface area contributed by atoms with Crippen LogP contribution in [0.15, 0.2) is 10.7 Å². The van der Waals surface area contributed by atoms with Crippen LogP contribution < -0.4 is 5.32 Å². The maximum absolute atomic E-state index is 12.2. The number of halogens is 2. The molecule has 1 aromatic rings. The topological polar surface area (TPSA) is 29.9 Å². The van der Waals surface area contributed by atoms with Crippen LogP contribution in [-0.4, -0.2) is 22.5 Å². The highest BCUT2D eigenvalue weighted by molar-refractivity contribution is 9.10. The second-order valence-electron chi connectivity index (χ2n) is 4.17. The number of rotatable bonds is 4. The van der Waals surface area contributed by atoms with Gasteiger partial charge in [0, 0.05) is 25.8 Å². The van der Waals surface area contributed by atoms with Crippen molar-refractivity contribution in [2.45, 2.75) is 25.4 Å². The lowest BCUT2D eigenvalue weighted by Gasteiger charge is -2.34. The molecule has 1 heterocycles. The first-order valence-corrected chi connectivity index (χ1v) is 5.95. The van der Waals surface area contributed by atoms with Crippen molar-refractivity contribution in [3.63, 3.8) is 0 Å². The molecular weight excluding hydrogens is 261 g/mol. The molecule has 3 nitrogen and oxygen atoms in total. The maximum atomic E-state index is 12.2. The van der Waals surface area contributed by atoms with Crippen LogP contribution in [0.4, 0.5) is 4.39 Å². The third-order valence-corrected chi connectivity index (χ3v) is 3.53. The summed E-state index contributed by atoms with van der Waals surface area (Å²) in [6.07, 6.45) is 3.85. The normalized spacial score (nSPS) is 25.3. The third-order valence-electron chi connectivity index (χ3n) is 2.87. The number of nitrogens with zero attached hydrogens (tertiary/aromatic N) is 2. The van der Waals surface area contributed by atoms with Crippen LogP contribution in [0.25, 0.3) is 0 Å². The van der Waals surface area contributed by atoms with Gasteiger partial charge in [0.2, 0.25) is 0 Å². The molecule has 84 valence electrons. The summed E-state index contributed by atoms with van der Waals surface area (Å²) in [4.78, 5) is 0. The molecule has 0 radical (unpaired) electrons. The van der Waals surface area contributed by atoms with Crippen LogP contribution in [0.1, 0.15) is 18.5 Å². The maximum Gasteiger partial charge on any atom is 0.0923 e. The molecule has 1 aromatic heterocycles. The van der Waals surface area contributed by atoms with Gasteiger partial charge in [0.25, 0.3) is 0 Å². The van der Waals surface area contributed by atoms with Crippen LogP contribution >= 0.6 is 15.9 Å². The summed E-state index contributed by atoms with van der Waals surface area (Å²) in [5, 5.41) is 7.69. The molecule has 1 fully saturated rings. The Hall–Kier alpha value is -0.420. The lowest BCUT2D eigenvalue weighted by Crippen LogP contribution is -2.41. The summed E-state index contributed by atoms with van der Waals surface area (Å²) >= 11 is 3.45. The molecule has 0 aliphatic heterocycles. The van der Waals surface area contributed by atoms with Gasteiger partial charge >= 0.3 is 0 Å². The summed E-state index contributed by atoms with van der Waals surface area (Å²) < 4.78 is 15.0. The van der Waals surface area contributed by atoms with E-state index in [1.54, 1.807) is 4.68 Å². The highest BCUT2D eigenvalue weighted by Crippen LogP contribution is 2.28. The SMILES string of the molecule is Cn1cc(Br)c(CNC2CC(CF)C2)n1. The first-order chi connectivity index (χ1) is 7.19. The highest BCUT2D eigenvalue weighted by atomic mass is 79.9. The molecule has 0 unspecified atom stereocenters. The van der Waals surface area contributed by atoms with E-state index in [0.29, 0.717) is 6.04 Å². The van der Waals surface area contributed by atoms with Crippen molar-refractivity contribution in [3.8, 4) is 0 Å². The lowest BCUT2D eigenvalue weighted by atomic mass is 9.81. The van der Waals surface area contributed by atoms with Crippen LogP contribution in [0, 0.1) is 5.92 Å². The summed E-state index contributed by atoms with van der Waals surface area (Å²) in [5.74, 6) is 0.287. The second-order valence-corrected chi connectivity index (χ2v) is 5.02.